The average Bonchev–Trinajstić information content (AvgIpc) is 3.00. The number of amides is 1. The Morgan fingerprint density at radius 3 is 2.94 bits per heavy atom. The van der Waals surface area contributed by atoms with Crippen molar-refractivity contribution in [2.75, 3.05) is 13.2 Å². The third-order valence-electron chi connectivity index (χ3n) is 3.61. The topological polar surface area (TPSA) is 64.4 Å². The number of hydrogen-bond acceptors (Lipinski definition) is 3. The Kier molecular flexibility index (Phi) is 3.50. The van der Waals surface area contributed by atoms with Gasteiger partial charge in [-0.3, -0.25) is 4.79 Å². The van der Waals surface area contributed by atoms with Crippen molar-refractivity contribution in [2.45, 2.75) is 50.7 Å². The molecule has 1 saturated heterocycles. The molecule has 0 aromatic heterocycles. The van der Waals surface area contributed by atoms with E-state index in [-0.39, 0.29) is 17.6 Å². The number of rotatable bonds is 5. The lowest BCUT2D eigenvalue weighted by molar-refractivity contribution is -0.122. The summed E-state index contributed by atoms with van der Waals surface area (Å²) >= 11 is 0. The van der Waals surface area contributed by atoms with Crippen LogP contribution in [0.4, 0.5) is 0 Å². The molecule has 0 aromatic carbocycles. The fourth-order valence-corrected chi connectivity index (χ4v) is 2.24. The van der Waals surface area contributed by atoms with E-state index in [1.807, 2.05) is 0 Å². The van der Waals surface area contributed by atoms with Gasteiger partial charge in [-0.15, -0.1) is 0 Å². The number of nitrogens with one attached hydrogen (secondary N) is 1. The van der Waals surface area contributed by atoms with Crippen molar-refractivity contribution in [3.8, 4) is 0 Å². The first-order chi connectivity index (χ1) is 7.59. The minimum Gasteiger partial charge on any atom is -0.373 e. The molecule has 3 N–H and O–H groups in total. The lowest BCUT2D eigenvalue weighted by Gasteiger charge is -2.23. The van der Waals surface area contributed by atoms with Crippen LogP contribution in [0.5, 0.6) is 0 Å². The fourth-order valence-electron chi connectivity index (χ4n) is 2.24. The summed E-state index contributed by atoms with van der Waals surface area (Å²) in [6, 6.07) is 0.0531. The molecule has 0 radical (unpaired) electrons. The van der Waals surface area contributed by atoms with Crippen LogP contribution in [0.1, 0.15) is 39.0 Å². The molecule has 1 amide bonds. The molecule has 2 atom stereocenters. The lowest BCUT2D eigenvalue weighted by Crippen LogP contribution is -2.42. The van der Waals surface area contributed by atoms with E-state index in [0.717, 1.165) is 19.4 Å². The third-order valence-corrected chi connectivity index (χ3v) is 3.61. The van der Waals surface area contributed by atoms with Crippen LogP contribution in [0.15, 0.2) is 0 Å². The zero-order chi connectivity index (χ0) is 11.6. The zero-order valence-electron chi connectivity index (χ0n) is 10.00. The highest BCUT2D eigenvalue weighted by molar-refractivity contribution is 5.76. The number of carbonyl (C=O) groups is 1. The van der Waals surface area contributed by atoms with Crippen LogP contribution < -0.4 is 11.1 Å². The molecule has 2 fully saturated rings. The minimum absolute atomic E-state index is 0.0531. The summed E-state index contributed by atoms with van der Waals surface area (Å²) in [4.78, 5) is 11.6. The average molecular weight is 226 g/mol. The number of ether oxygens (including phenoxy) is 1. The van der Waals surface area contributed by atoms with Gasteiger partial charge in [-0.1, -0.05) is 0 Å². The molecule has 92 valence electrons. The predicted octanol–water partition coefficient (Wildman–Crippen LogP) is 0.799. The highest BCUT2D eigenvalue weighted by Gasteiger charge is 2.32. The second kappa shape index (κ2) is 4.72. The Hall–Kier alpha value is -0.610. The second-order valence-electron chi connectivity index (χ2n) is 5.38. The van der Waals surface area contributed by atoms with Gasteiger partial charge in [0.2, 0.25) is 5.91 Å². The molecule has 2 rings (SSSR count). The van der Waals surface area contributed by atoms with Crippen LogP contribution in [-0.2, 0) is 9.53 Å². The maximum atomic E-state index is 11.6. The van der Waals surface area contributed by atoms with Crippen molar-refractivity contribution in [3.05, 3.63) is 0 Å². The Balaban J connectivity index is 1.66. The predicted molar refractivity (Wildman–Crippen MR) is 61.9 cm³/mol. The number of hydrogen-bond donors (Lipinski definition) is 2. The van der Waals surface area contributed by atoms with Gasteiger partial charge in [0, 0.05) is 25.6 Å². The first-order valence-electron chi connectivity index (χ1n) is 6.25. The Labute approximate surface area is 96.9 Å². The molecule has 1 heterocycles. The van der Waals surface area contributed by atoms with E-state index in [0.29, 0.717) is 18.9 Å². The van der Waals surface area contributed by atoms with Crippen molar-refractivity contribution in [1.29, 1.82) is 0 Å². The van der Waals surface area contributed by atoms with E-state index < -0.39 is 0 Å². The van der Waals surface area contributed by atoms with Gasteiger partial charge in [-0.2, -0.15) is 0 Å². The zero-order valence-corrected chi connectivity index (χ0v) is 10.00. The van der Waals surface area contributed by atoms with Crippen molar-refractivity contribution in [1.82, 2.24) is 5.32 Å². The Bertz CT molecular complexity index is 258. The maximum absolute atomic E-state index is 11.6. The van der Waals surface area contributed by atoms with Crippen LogP contribution in [0.2, 0.25) is 0 Å². The Morgan fingerprint density at radius 1 is 1.62 bits per heavy atom. The normalized spacial score (nSPS) is 31.4. The van der Waals surface area contributed by atoms with E-state index in [1.54, 1.807) is 0 Å². The van der Waals surface area contributed by atoms with E-state index in [4.69, 9.17) is 10.5 Å². The van der Waals surface area contributed by atoms with Crippen molar-refractivity contribution < 1.29 is 9.53 Å². The van der Waals surface area contributed by atoms with Gasteiger partial charge in [0.25, 0.3) is 0 Å². The molecule has 0 aromatic rings. The van der Waals surface area contributed by atoms with E-state index in [9.17, 15) is 4.79 Å². The van der Waals surface area contributed by atoms with Crippen molar-refractivity contribution in [2.24, 2.45) is 11.7 Å². The smallest absolute Gasteiger partial charge is 0.221 e. The third kappa shape index (κ3) is 3.19. The molecule has 1 saturated carbocycles. The van der Waals surface area contributed by atoms with Gasteiger partial charge in [0.1, 0.15) is 0 Å². The van der Waals surface area contributed by atoms with Crippen LogP contribution in [0.3, 0.4) is 0 Å². The van der Waals surface area contributed by atoms with E-state index in [2.05, 4.69) is 12.2 Å². The van der Waals surface area contributed by atoms with Crippen molar-refractivity contribution in [3.63, 3.8) is 0 Å². The Morgan fingerprint density at radius 2 is 2.38 bits per heavy atom. The van der Waals surface area contributed by atoms with Crippen LogP contribution >= 0.6 is 0 Å². The summed E-state index contributed by atoms with van der Waals surface area (Å²) in [7, 11) is 0. The standard InChI is InChI=1S/C12H22N2O2/c1-12(5-2-6-16-12)8-14-11(15)7-10(13)9-3-4-9/h9-10H,2-8,13H2,1H3,(H,14,15). The highest BCUT2D eigenvalue weighted by Crippen LogP contribution is 2.32. The molecule has 4 heteroatoms. The molecule has 1 aliphatic carbocycles. The van der Waals surface area contributed by atoms with E-state index in [1.165, 1.54) is 12.8 Å². The monoisotopic (exact) mass is 226 g/mol. The molecule has 0 bridgehead atoms. The summed E-state index contributed by atoms with van der Waals surface area (Å²) < 4.78 is 5.61. The second-order valence-corrected chi connectivity index (χ2v) is 5.38. The molecule has 16 heavy (non-hydrogen) atoms. The van der Waals surface area contributed by atoms with Crippen LogP contribution in [0.25, 0.3) is 0 Å². The van der Waals surface area contributed by atoms with Gasteiger partial charge in [-0.05, 0) is 38.5 Å². The first-order valence-corrected chi connectivity index (χ1v) is 6.25. The SMILES string of the molecule is CC1(CNC(=O)CC(N)C2CC2)CCCO1. The van der Waals surface area contributed by atoms with Gasteiger partial charge in [-0.25, -0.2) is 0 Å². The molecular weight excluding hydrogens is 204 g/mol. The van der Waals surface area contributed by atoms with Crippen molar-refractivity contribution >= 4 is 5.91 Å². The molecule has 2 unspecified atom stereocenters. The van der Waals surface area contributed by atoms with Crippen LogP contribution in [-0.4, -0.2) is 30.7 Å². The summed E-state index contributed by atoms with van der Waals surface area (Å²) in [6.45, 7) is 3.48. The number of carbonyl (C=O) groups excluding carboxylic acids is 1. The molecule has 1 aliphatic heterocycles. The quantitative estimate of drug-likeness (QED) is 0.728. The summed E-state index contributed by atoms with van der Waals surface area (Å²) in [5, 5.41) is 2.93. The molecule has 2 aliphatic rings. The number of nitrogens with two attached hydrogens (primary N) is 1. The van der Waals surface area contributed by atoms with Crippen LogP contribution in [0, 0.1) is 5.92 Å². The molecule has 4 nitrogen and oxygen atoms in total. The maximum Gasteiger partial charge on any atom is 0.221 e. The van der Waals surface area contributed by atoms with Gasteiger partial charge in [0.05, 0.1) is 5.60 Å². The largest absolute Gasteiger partial charge is 0.373 e. The first kappa shape index (κ1) is 11.9. The summed E-state index contributed by atoms with van der Waals surface area (Å²) in [5.74, 6) is 0.653. The molecular formula is C12H22N2O2. The summed E-state index contributed by atoms with van der Waals surface area (Å²) in [5.41, 5.74) is 5.75. The lowest BCUT2D eigenvalue weighted by atomic mass is 10.0. The highest BCUT2D eigenvalue weighted by atomic mass is 16.5. The minimum atomic E-state index is -0.153. The summed E-state index contributed by atoms with van der Waals surface area (Å²) in [6.07, 6.45) is 4.96. The fraction of sp³-hybridized carbons (Fsp3) is 0.917. The van der Waals surface area contributed by atoms with Gasteiger partial charge >= 0.3 is 0 Å². The van der Waals surface area contributed by atoms with Gasteiger partial charge < -0.3 is 15.8 Å². The molecule has 0 spiro atoms. The van der Waals surface area contributed by atoms with Gasteiger partial charge in [0.15, 0.2) is 0 Å². The van der Waals surface area contributed by atoms with E-state index >= 15 is 0 Å².